The normalized spacial score (nSPS) is 12.2. The molecule has 2 aromatic heterocycles. The molecule has 6 aromatic carbocycles. The van der Waals surface area contributed by atoms with Crippen molar-refractivity contribution in [2.75, 3.05) is 0 Å². The molecule has 0 N–H and O–H groups in total. The Bertz CT molecular complexity index is 2210. The number of aromatic nitrogens is 2. The first kappa shape index (κ1) is 22.3. The van der Waals surface area contributed by atoms with Crippen molar-refractivity contribution in [3.63, 3.8) is 0 Å². The molecule has 8 aromatic rings. The highest BCUT2D eigenvalue weighted by atomic mass is 31.2. The number of rotatable bonds is 3. The van der Waals surface area contributed by atoms with Crippen LogP contribution in [-0.4, -0.2) is 9.38 Å². The average molecular weight is 519 g/mol. The van der Waals surface area contributed by atoms with Crippen LogP contribution in [0.2, 0.25) is 0 Å². The van der Waals surface area contributed by atoms with Crippen LogP contribution in [-0.2, 0) is 4.57 Å². The lowest BCUT2D eigenvalue weighted by Crippen LogP contribution is -2.25. The molecule has 0 aliphatic heterocycles. The third kappa shape index (κ3) is 3.17. The van der Waals surface area contributed by atoms with Gasteiger partial charge in [0.15, 0.2) is 7.14 Å². The molecule has 0 saturated carbocycles. The summed E-state index contributed by atoms with van der Waals surface area (Å²) in [7, 11) is -3.15. The van der Waals surface area contributed by atoms with Crippen LogP contribution in [0.1, 0.15) is 0 Å². The fourth-order valence-corrected chi connectivity index (χ4v) is 8.91. The second-order valence-electron chi connectivity index (χ2n) is 9.95. The van der Waals surface area contributed by atoms with Crippen molar-refractivity contribution in [2.24, 2.45) is 0 Å². The van der Waals surface area contributed by atoms with E-state index in [-0.39, 0.29) is 0 Å². The largest absolute Gasteiger partial charge is 0.309 e. The van der Waals surface area contributed by atoms with E-state index in [2.05, 4.69) is 65.1 Å². The number of hydrogen-bond acceptors (Lipinski definition) is 2. The minimum Gasteiger partial charge on any atom is -0.309 e. The number of nitrogens with zero attached hydrogens (tertiary/aromatic N) is 2. The monoisotopic (exact) mass is 518 g/mol. The van der Waals surface area contributed by atoms with Crippen LogP contribution < -0.4 is 15.9 Å². The molecule has 0 aliphatic carbocycles. The van der Waals surface area contributed by atoms with Crippen LogP contribution in [0.4, 0.5) is 0 Å². The van der Waals surface area contributed by atoms with Gasteiger partial charge >= 0.3 is 0 Å². The Morgan fingerprint density at radius 2 is 1.15 bits per heavy atom. The van der Waals surface area contributed by atoms with E-state index in [4.69, 9.17) is 4.98 Å². The molecular weight excluding hydrogens is 495 g/mol. The van der Waals surface area contributed by atoms with Gasteiger partial charge in [-0.15, -0.1) is 0 Å². The highest BCUT2D eigenvalue weighted by Gasteiger charge is 2.31. The predicted octanol–water partition coefficient (Wildman–Crippen LogP) is 7.59. The first-order valence-corrected chi connectivity index (χ1v) is 14.8. The SMILES string of the molecule is O=P(c1ccccc1)(c1ccccc1)c1cccc2cc3c(cc12)c1ccccc1n1c2ccccc2nc31. The fourth-order valence-electron chi connectivity index (χ4n) is 6.04. The van der Waals surface area contributed by atoms with E-state index < -0.39 is 7.14 Å². The molecule has 0 bridgehead atoms. The number of para-hydroxylation sites is 3. The Hall–Kier alpha value is -4.72. The maximum atomic E-state index is 15.3. The maximum absolute atomic E-state index is 15.3. The van der Waals surface area contributed by atoms with Crippen molar-refractivity contribution in [1.82, 2.24) is 9.38 Å². The molecule has 39 heavy (non-hydrogen) atoms. The van der Waals surface area contributed by atoms with Crippen LogP contribution in [0, 0.1) is 0 Å². The predicted molar refractivity (Wildman–Crippen MR) is 165 cm³/mol. The summed E-state index contributed by atoms with van der Waals surface area (Å²) in [5.74, 6) is 0. The van der Waals surface area contributed by atoms with Gasteiger partial charge in [-0.25, -0.2) is 4.98 Å². The third-order valence-electron chi connectivity index (χ3n) is 7.81. The quantitative estimate of drug-likeness (QED) is 0.137. The van der Waals surface area contributed by atoms with E-state index in [1.165, 1.54) is 0 Å². The number of hydrogen-bond donors (Lipinski definition) is 0. The highest BCUT2D eigenvalue weighted by molar-refractivity contribution is 7.85. The second kappa shape index (κ2) is 8.39. The summed E-state index contributed by atoms with van der Waals surface area (Å²) in [4.78, 5) is 5.07. The lowest BCUT2D eigenvalue weighted by Gasteiger charge is -2.22. The van der Waals surface area contributed by atoms with Crippen molar-refractivity contribution < 1.29 is 4.57 Å². The molecule has 184 valence electrons. The van der Waals surface area contributed by atoms with Crippen LogP contribution in [0.25, 0.3) is 49.1 Å². The summed E-state index contributed by atoms with van der Waals surface area (Å²) in [5, 5.41) is 7.94. The summed E-state index contributed by atoms with van der Waals surface area (Å²) < 4.78 is 17.6. The summed E-state index contributed by atoms with van der Waals surface area (Å²) in [6.45, 7) is 0. The lowest BCUT2D eigenvalue weighted by atomic mass is 10.0. The average Bonchev–Trinajstić information content (AvgIpc) is 3.41. The molecule has 0 spiro atoms. The first-order valence-electron chi connectivity index (χ1n) is 13.1. The van der Waals surface area contributed by atoms with Gasteiger partial charge in [0.2, 0.25) is 0 Å². The maximum Gasteiger partial charge on any atom is 0.171 e. The standard InChI is InChI=1S/C35H23N2OP/c38-39(25-13-3-1-4-14-25,26-15-5-2-6-16-26)34-21-11-12-24-22-30-29(23-28(24)34)27-17-7-9-19-32(27)37-33-20-10-8-18-31(33)36-35(30)37/h1-23H. The van der Waals surface area contributed by atoms with Crippen molar-refractivity contribution in [1.29, 1.82) is 0 Å². The van der Waals surface area contributed by atoms with Gasteiger partial charge in [0.05, 0.1) is 16.6 Å². The van der Waals surface area contributed by atoms with Crippen LogP contribution >= 0.6 is 7.14 Å². The summed E-state index contributed by atoms with van der Waals surface area (Å²) in [6, 6.07) is 47.2. The molecule has 0 amide bonds. The number of fused-ring (bicyclic) bond motifs is 9. The molecule has 8 rings (SSSR count). The van der Waals surface area contributed by atoms with Crippen molar-refractivity contribution >= 4 is 72.2 Å². The van der Waals surface area contributed by atoms with Gasteiger partial charge in [-0.2, -0.15) is 0 Å². The molecule has 3 nitrogen and oxygen atoms in total. The van der Waals surface area contributed by atoms with Gasteiger partial charge in [0, 0.05) is 26.7 Å². The fraction of sp³-hybridized carbons (Fsp3) is 0. The molecule has 0 aliphatic rings. The van der Waals surface area contributed by atoms with E-state index in [1.807, 2.05) is 78.9 Å². The van der Waals surface area contributed by atoms with Crippen LogP contribution in [0.15, 0.2) is 140 Å². The summed E-state index contributed by atoms with van der Waals surface area (Å²) in [6.07, 6.45) is 0. The number of benzene rings is 6. The van der Waals surface area contributed by atoms with Crippen LogP contribution in [0.5, 0.6) is 0 Å². The Morgan fingerprint density at radius 3 is 1.90 bits per heavy atom. The Kier molecular flexibility index (Phi) is 4.79. The Morgan fingerprint density at radius 1 is 0.513 bits per heavy atom. The Labute approximate surface area is 225 Å². The topological polar surface area (TPSA) is 34.4 Å². The Balaban J connectivity index is 1.54. The van der Waals surface area contributed by atoms with Crippen molar-refractivity contribution in [3.8, 4) is 0 Å². The molecule has 2 heterocycles. The number of imidazole rings is 1. The zero-order valence-electron chi connectivity index (χ0n) is 21.0. The lowest BCUT2D eigenvalue weighted by molar-refractivity contribution is 0.592. The van der Waals surface area contributed by atoms with Gasteiger partial charge < -0.3 is 4.57 Å². The van der Waals surface area contributed by atoms with E-state index >= 15 is 4.57 Å². The molecule has 0 fully saturated rings. The third-order valence-corrected chi connectivity index (χ3v) is 10.9. The van der Waals surface area contributed by atoms with E-state index in [1.54, 1.807) is 0 Å². The highest BCUT2D eigenvalue weighted by Crippen LogP contribution is 2.45. The smallest absolute Gasteiger partial charge is 0.171 e. The first-order chi connectivity index (χ1) is 19.2. The summed E-state index contributed by atoms with van der Waals surface area (Å²) in [5.41, 5.74) is 4.12. The second-order valence-corrected chi connectivity index (χ2v) is 12.7. The van der Waals surface area contributed by atoms with Gasteiger partial charge in [-0.1, -0.05) is 109 Å². The van der Waals surface area contributed by atoms with E-state index in [9.17, 15) is 0 Å². The van der Waals surface area contributed by atoms with Gasteiger partial charge in [0.25, 0.3) is 0 Å². The van der Waals surface area contributed by atoms with Gasteiger partial charge in [0.1, 0.15) is 5.65 Å². The molecule has 0 saturated heterocycles. The van der Waals surface area contributed by atoms with E-state index in [0.717, 1.165) is 65.0 Å². The molecule has 4 heteroatoms. The molecule has 0 unspecified atom stereocenters. The van der Waals surface area contributed by atoms with E-state index in [0.29, 0.717) is 0 Å². The van der Waals surface area contributed by atoms with Gasteiger partial charge in [-0.05, 0) is 46.5 Å². The molecule has 0 atom stereocenters. The van der Waals surface area contributed by atoms with Crippen molar-refractivity contribution in [3.05, 3.63) is 140 Å². The summed E-state index contributed by atoms with van der Waals surface area (Å²) >= 11 is 0. The van der Waals surface area contributed by atoms with Crippen molar-refractivity contribution in [2.45, 2.75) is 0 Å². The number of pyridine rings is 1. The molecule has 0 radical (unpaired) electrons. The minimum absolute atomic E-state index is 0.837. The zero-order valence-corrected chi connectivity index (χ0v) is 21.9. The molecular formula is C35H23N2OP. The van der Waals surface area contributed by atoms with Crippen LogP contribution in [0.3, 0.4) is 0 Å². The zero-order chi connectivity index (χ0) is 26.0. The van der Waals surface area contributed by atoms with Gasteiger partial charge in [-0.3, -0.25) is 4.40 Å². The minimum atomic E-state index is -3.15.